The van der Waals surface area contributed by atoms with E-state index in [9.17, 15) is 22.8 Å². The number of carbonyl (C=O) groups is 3. The molecule has 0 aromatic carbocycles. The number of amides is 1. The van der Waals surface area contributed by atoms with Gasteiger partial charge in [-0.05, 0) is 6.92 Å². The predicted octanol–water partition coefficient (Wildman–Crippen LogP) is -1.42. The SMILES string of the molecule is CCOC(=O)NS(=O)(=O)N[C@@H](CC(=O)OC)C(=O)O. The first-order chi connectivity index (χ1) is 8.71. The summed E-state index contributed by atoms with van der Waals surface area (Å²) in [5.74, 6) is -2.52. The van der Waals surface area contributed by atoms with Crippen LogP contribution in [0.25, 0.3) is 0 Å². The van der Waals surface area contributed by atoms with E-state index in [0.29, 0.717) is 0 Å². The van der Waals surface area contributed by atoms with Crippen LogP contribution in [-0.2, 0) is 29.3 Å². The second-order valence-corrected chi connectivity index (χ2v) is 4.56. The second-order valence-electron chi connectivity index (χ2n) is 3.11. The third kappa shape index (κ3) is 7.21. The Balaban J connectivity index is 4.70. The molecule has 19 heavy (non-hydrogen) atoms. The average Bonchev–Trinajstić information content (AvgIpc) is 2.26. The Kier molecular flexibility index (Phi) is 6.79. The van der Waals surface area contributed by atoms with Crippen LogP contribution in [0.1, 0.15) is 13.3 Å². The molecule has 0 aliphatic carbocycles. The monoisotopic (exact) mass is 298 g/mol. The number of carbonyl (C=O) groups excluding carboxylic acids is 2. The van der Waals surface area contributed by atoms with E-state index in [4.69, 9.17) is 5.11 Å². The number of esters is 1. The van der Waals surface area contributed by atoms with Crippen LogP contribution in [-0.4, -0.2) is 51.3 Å². The van der Waals surface area contributed by atoms with E-state index in [1.807, 2.05) is 0 Å². The minimum Gasteiger partial charge on any atom is -0.480 e. The topological polar surface area (TPSA) is 148 Å². The largest absolute Gasteiger partial charge is 0.480 e. The van der Waals surface area contributed by atoms with Crippen molar-refractivity contribution in [1.29, 1.82) is 0 Å². The van der Waals surface area contributed by atoms with Gasteiger partial charge in [-0.1, -0.05) is 0 Å². The molecule has 0 aromatic heterocycles. The van der Waals surface area contributed by atoms with E-state index in [-0.39, 0.29) is 6.61 Å². The summed E-state index contributed by atoms with van der Waals surface area (Å²) >= 11 is 0. The number of hydrogen-bond donors (Lipinski definition) is 3. The van der Waals surface area contributed by atoms with Crippen LogP contribution in [0.3, 0.4) is 0 Å². The zero-order chi connectivity index (χ0) is 15.1. The van der Waals surface area contributed by atoms with Gasteiger partial charge in [-0.3, -0.25) is 9.59 Å². The number of methoxy groups -OCH3 is 1. The Hall–Kier alpha value is -1.88. The molecule has 0 unspecified atom stereocenters. The van der Waals surface area contributed by atoms with Crippen molar-refractivity contribution in [2.75, 3.05) is 13.7 Å². The molecule has 10 nitrogen and oxygen atoms in total. The normalized spacial score (nSPS) is 12.3. The lowest BCUT2D eigenvalue weighted by atomic mass is 10.2. The Bertz CT molecular complexity index is 446. The minimum absolute atomic E-state index is 0.0636. The first kappa shape index (κ1) is 17.1. The Labute approximate surface area is 109 Å². The van der Waals surface area contributed by atoms with Crippen molar-refractivity contribution in [3.63, 3.8) is 0 Å². The molecule has 0 aliphatic rings. The van der Waals surface area contributed by atoms with Crippen molar-refractivity contribution in [3.05, 3.63) is 0 Å². The molecule has 110 valence electrons. The van der Waals surface area contributed by atoms with E-state index < -0.39 is 40.7 Å². The molecular weight excluding hydrogens is 284 g/mol. The van der Waals surface area contributed by atoms with Crippen molar-refractivity contribution < 1.29 is 37.4 Å². The molecule has 0 aliphatic heterocycles. The zero-order valence-electron chi connectivity index (χ0n) is 10.2. The van der Waals surface area contributed by atoms with Crippen molar-refractivity contribution >= 4 is 28.2 Å². The van der Waals surface area contributed by atoms with Gasteiger partial charge in [0.2, 0.25) is 0 Å². The zero-order valence-corrected chi connectivity index (χ0v) is 11.0. The van der Waals surface area contributed by atoms with Gasteiger partial charge in [0, 0.05) is 0 Å². The number of rotatable bonds is 7. The van der Waals surface area contributed by atoms with E-state index in [2.05, 4.69) is 9.47 Å². The summed E-state index contributed by atoms with van der Waals surface area (Å²) in [6, 6.07) is -1.76. The number of aliphatic carboxylic acids is 1. The van der Waals surface area contributed by atoms with Gasteiger partial charge >= 0.3 is 28.2 Å². The number of hydrogen-bond acceptors (Lipinski definition) is 7. The first-order valence-corrected chi connectivity index (χ1v) is 6.46. The van der Waals surface area contributed by atoms with Crippen molar-refractivity contribution in [2.45, 2.75) is 19.4 Å². The fraction of sp³-hybridized carbons (Fsp3) is 0.625. The van der Waals surface area contributed by atoms with Crippen molar-refractivity contribution in [2.24, 2.45) is 0 Å². The maximum atomic E-state index is 11.4. The van der Waals surface area contributed by atoms with Crippen LogP contribution < -0.4 is 9.44 Å². The molecule has 0 rings (SSSR count). The molecule has 0 saturated heterocycles. The third-order valence-electron chi connectivity index (χ3n) is 1.69. The lowest BCUT2D eigenvalue weighted by Gasteiger charge is -2.13. The summed E-state index contributed by atoms with van der Waals surface area (Å²) in [4.78, 5) is 32.6. The number of nitrogens with one attached hydrogen (secondary N) is 2. The molecular formula is C8H14N2O8S. The number of carboxylic acids is 1. The molecule has 0 spiro atoms. The molecule has 0 bridgehead atoms. The third-order valence-corrected chi connectivity index (χ3v) is 2.72. The summed E-state index contributed by atoms with van der Waals surface area (Å²) < 4.78 is 34.3. The molecule has 0 radical (unpaired) electrons. The van der Waals surface area contributed by atoms with Crippen LogP contribution in [0.5, 0.6) is 0 Å². The quantitative estimate of drug-likeness (QED) is 0.485. The van der Waals surface area contributed by atoms with Gasteiger partial charge in [0.1, 0.15) is 6.04 Å². The van der Waals surface area contributed by atoms with Gasteiger partial charge in [-0.2, -0.15) is 13.1 Å². The van der Waals surface area contributed by atoms with E-state index in [0.717, 1.165) is 7.11 Å². The molecule has 3 N–H and O–H groups in total. The molecule has 11 heteroatoms. The second kappa shape index (κ2) is 7.53. The van der Waals surface area contributed by atoms with E-state index in [1.165, 1.54) is 11.6 Å². The maximum Gasteiger partial charge on any atom is 0.421 e. The average molecular weight is 298 g/mol. The summed E-state index contributed by atoms with van der Waals surface area (Å²) in [5, 5.41) is 8.74. The van der Waals surface area contributed by atoms with Gasteiger partial charge in [0.05, 0.1) is 20.1 Å². The number of ether oxygens (including phenoxy) is 2. The molecule has 0 fully saturated rings. The molecule has 0 aromatic rings. The van der Waals surface area contributed by atoms with Gasteiger partial charge in [-0.25, -0.2) is 9.52 Å². The molecule has 0 heterocycles. The highest BCUT2D eigenvalue weighted by Crippen LogP contribution is 1.97. The van der Waals surface area contributed by atoms with Crippen LogP contribution in [0, 0.1) is 0 Å². The Morgan fingerprint density at radius 3 is 2.32 bits per heavy atom. The van der Waals surface area contributed by atoms with Crippen LogP contribution >= 0.6 is 0 Å². The predicted molar refractivity (Wildman–Crippen MR) is 60.3 cm³/mol. The highest BCUT2D eigenvalue weighted by atomic mass is 32.2. The fourth-order valence-corrected chi connectivity index (χ4v) is 1.81. The summed E-state index contributed by atoms with van der Waals surface area (Å²) in [6.07, 6.45) is -1.99. The number of carboxylic acid groups (broad SMARTS) is 1. The highest BCUT2D eigenvalue weighted by molar-refractivity contribution is 7.88. The van der Waals surface area contributed by atoms with Crippen molar-refractivity contribution in [3.8, 4) is 0 Å². The van der Waals surface area contributed by atoms with Gasteiger partial charge in [0.15, 0.2) is 0 Å². The van der Waals surface area contributed by atoms with E-state index >= 15 is 0 Å². The minimum atomic E-state index is -4.46. The summed E-state index contributed by atoms with van der Waals surface area (Å²) in [6.45, 7) is 1.39. The summed E-state index contributed by atoms with van der Waals surface area (Å²) in [7, 11) is -3.44. The fourth-order valence-electron chi connectivity index (χ4n) is 0.916. The standard InChI is InChI=1S/C8H14N2O8S/c1-3-18-8(14)10-19(15,16)9-5(7(12)13)4-6(11)17-2/h5,9H,3-4H2,1-2H3,(H,10,14)(H,12,13)/t5-/m0/s1. The smallest absolute Gasteiger partial charge is 0.421 e. The highest BCUT2D eigenvalue weighted by Gasteiger charge is 2.28. The molecule has 1 atom stereocenters. The van der Waals surface area contributed by atoms with Gasteiger partial charge in [-0.15, -0.1) is 0 Å². The first-order valence-electron chi connectivity index (χ1n) is 4.98. The molecule has 0 saturated carbocycles. The van der Waals surface area contributed by atoms with Crippen LogP contribution in [0.4, 0.5) is 4.79 Å². The Morgan fingerprint density at radius 2 is 1.89 bits per heavy atom. The van der Waals surface area contributed by atoms with Crippen molar-refractivity contribution in [1.82, 2.24) is 9.44 Å². The van der Waals surface area contributed by atoms with E-state index in [1.54, 1.807) is 4.72 Å². The van der Waals surface area contributed by atoms with Gasteiger partial charge < -0.3 is 14.6 Å². The lowest BCUT2D eigenvalue weighted by Crippen LogP contribution is -2.49. The summed E-state index contributed by atoms with van der Waals surface area (Å²) in [5.41, 5.74) is 0. The lowest BCUT2D eigenvalue weighted by molar-refractivity contribution is -0.147. The maximum absolute atomic E-state index is 11.4. The molecule has 1 amide bonds. The Morgan fingerprint density at radius 1 is 1.32 bits per heavy atom. The van der Waals surface area contributed by atoms with Crippen LogP contribution in [0.15, 0.2) is 0 Å². The van der Waals surface area contributed by atoms with Gasteiger partial charge in [0.25, 0.3) is 0 Å². The van der Waals surface area contributed by atoms with Crippen LogP contribution in [0.2, 0.25) is 0 Å².